The fourth-order valence-electron chi connectivity index (χ4n) is 4.25. The molecule has 138 valence electrons. The zero-order chi connectivity index (χ0) is 17.6. The van der Waals surface area contributed by atoms with E-state index in [4.69, 9.17) is 4.74 Å². The average Bonchev–Trinajstić information content (AvgIpc) is 2.63. The number of amides is 1. The quantitative estimate of drug-likeness (QED) is 0.861. The highest BCUT2D eigenvalue weighted by Gasteiger charge is 2.27. The van der Waals surface area contributed by atoms with Gasteiger partial charge in [-0.3, -0.25) is 4.79 Å². The van der Waals surface area contributed by atoms with Crippen LogP contribution in [0.5, 0.6) is 5.75 Å². The Balaban J connectivity index is 1.52. The lowest BCUT2D eigenvalue weighted by Crippen LogP contribution is -2.51. The van der Waals surface area contributed by atoms with Gasteiger partial charge in [-0.05, 0) is 50.7 Å². The molecule has 0 unspecified atom stereocenters. The summed E-state index contributed by atoms with van der Waals surface area (Å²) in [5, 5.41) is 6.93. The van der Waals surface area contributed by atoms with Gasteiger partial charge in [0.2, 0.25) is 5.91 Å². The minimum atomic E-state index is 0.0936. The molecule has 1 aromatic rings. The second kappa shape index (κ2) is 8.56. The van der Waals surface area contributed by atoms with Crippen LogP contribution in [-0.2, 0) is 4.79 Å². The van der Waals surface area contributed by atoms with Crippen LogP contribution in [-0.4, -0.2) is 44.2 Å². The van der Waals surface area contributed by atoms with Gasteiger partial charge < -0.3 is 20.3 Å². The van der Waals surface area contributed by atoms with Crippen LogP contribution in [0.4, 0.5) is 5.69 Å². The van der Waals surface area contributed by atoms with Gasteiger partial charge in [-0.25, -0.2) is 0 Å². The Hall–Kier alpha value is -1.75. The van der Waals surface area contributed by atoms with Gasteiger partial charge in [-0.2, -0.15) is 0 Å². The molecule has 1 amide bonds. The predicted octanol–water partition coefficient (Wildman–Crippen LogP) is 2.70. The lowest BCUT2D eigenvalue weighted by atomic mass is 9.90. The molecule has 1 heterocycles. The zero-order valence-corrected chi connectivity index (χ0v) is 15.5. The SMILES string of the molecule is COc1ccccc1N1CCC[C@H](NC2CCC(NC(C)=O)CC2)C1. The van der Waals surface area contributed by atoms with Crippen LogP contribution in [0.1, 0.15) is 45.4 Å². The molecule has 2 N–H and O–H groups in total. The summed E-state index contributed by atoms with van der Waals surface area (Å²) in [6.07, 6.45) is 6.90. The maximum atomic E-state index is 11.2. The molecule has 1 aromatic carbocycles. The Morgan fingerprint density at radius 1 is 1.08 bits per heavy atom. The van der Waals surface area contributed by atoms with Crippen LogP contribution >= 0.6 is 0 Å². The molecule has 1 atom stereocenters. The Morgan fingerprint density at radius 2 is 1.80 bits per heavy atom. The van der Waals surface area contributed by atoms with E-state index in [1.54, 1.807) is 14.0 Å². The first-order chi connectivity index (χ1) is 12.2. The number of nitrogens with zero attached hydrogens (tertiary/aromatic N) is 1. The molecule has 0 spiro atoms. The zero-order valence-electron chi connectivity index (χ0n) is 15.5. The average molecular weight is 345 g/mol. The summed E-state index contributed by atoms with van der Waals surface area (Å²) in [7, 11) is 1.74. The smallest absolute Gasteiger partial charge is 0.217 e. The first-order valence-corrected chi connectivity index (χ1v) is 9.57. The van der Waals surface area contributed by atoms with Gasteiger partial charge in [0.15, 0.2) is 0 Å². The van der Waals surface area contributed by atoms with E-state index in [1.165, 1.54) is 18.5 Å². The second-order valence-corrected chi connectivity index (χ2v) is 7.37. The largest absolute Gasteiger partial charge is 0.495 e. The Labute approximate surface area is 151 Å². The maximum Gasteiger partial charge on any atom is 0.217 e. The molecule has 2 aliphatic rings. The molecule has 0 aromatic heterocycles. The maximum absolute atomic E-state index is 11.2. The lowest BCUT2D eigenvalue weighted by molar-refractivity contribution is -0.119. The van der Waals surface area contributed by atoms with E-state index in [-0.39, 0.29) is 5.91 Å². The van der Waals surface area contributed by atoms with E-state index in [1.807, 2.05) is 12.1 Å². The Morgan fingerprint density at radius 3 is 2.52 bits per heavy atom. The van der Waals surface area contributed by atoms with Crippen molar-refractivity contribution < 1.29 is 9.53 Å². The summed E-state index contributed by atoms with van der Waals surface area (Å²) in [6, 6.07) is 9.77. The van der Waals surface area contributed by atoms with Crippen LogP contribution in [0.15, 0.2) is 24.3 Å². The van der Waals surface area contributed by atoms with Gasteiger partial charge in [0.1, 0.15) is 5.75 Å². The van der Waals surface area contributed by atoms with Crippen LogP contribution in [0.2, 0.25) is 0 Å². The summed E-state index contributed by atoms with van der Waals surface area (Å²) < 4.78 is 5.53. The third-order valence-corrected chi connectivity index (χ3v) is 5.45. The van der Waals surface area contributed by atoms with Crippen LogP contribution in [0.3, 0.4) is 0 Å². The molecule has 1 saturated carbocycles. The monoisotopic (exact) mass is 345 g/mol. The molecule has 25 heavy (non-hydrogen) atoms. The highest BCUT2D eigenvalue weighted by atomic mass is 16.5. The van der Waals surface area contributed by atoms with Gasteiger partial charge >= 0.3 is 0 Å². The van der Waals surface area contributed by atoms with E-state index in [9.17, 15) is 4.79 Å². The number of carbonyl (C=O) groups excluding carboxylic acids is 1. The minimum absolute atomic E-state index is 0.0936. The Kier molecular flexibility index (Phi) is 6.19. The van der Waals surface area contributed by atoms with Crippen molar-refractivity contribution in [3.63, 3.8) is 0 Å². The number of nitrogens with one attached hydrogen (secondary N) is 2. The van der Waals surface area contributed by atoms with Gasteiger partial charge in [0, 0.05) is 38.1 Å². The summed E-state index contributed by atoms with van der Waals surface area (Å²) in [6.45, 7) is 3.73. The molecule has 1 saturated heterocycles. The van der Waals surface area contributed by atoms with Crippen molar-refractivity contribution in [1.82, 2.24) is 10.6 Å². The fraction of sp³-hybridized carbons (Fsp3) is 0.650. The molecule has 0 radical (unpaired) electrons. The number of para-hydroxylation sites is 2. The fourth-order valence-corrected chi connectivity index (χ4v) is 4.25. The molecule has 5 nitrogen and oxygen atoms in total. The van der Waals surface area contributed by atoms with E-state index in [0.29, 0.717) is 18.1 Å². The topological polar surface area (TPSA) is 53.6 Å². The second-order valence-electron chi connectivity index (χ2n) is 7.37. The summed E-state index contributed by atoms with van der Waals surface area (Å²) in [5.41, 5.74) is 1.20. The van der Waals surface area contributed by atoms with Crippen molar-refractivity contribution in [2.24, 2.45) is 0 Å². The van der Waals surface area contributed by atoms with Gasteiger partial charge in [-0.1, -0.05) is 12.1 Å². The van der Waals surface area contributed by atoms with E-state index in [0.717, 1.165) is 44.5 Å². The van der Waals surface area contributed by atoms with Crippen molar-refractivity contribution in [1.29, 1.82) is 0 Å². The standard InChI is InChI=1S/C20H31N3O2/c1-15(24)21-16-9-11-17(12-10-16)22-18-6-5-13-23(14-18)19-7-3-4-8-20(19)25-2/h3-4,7-8,16-18,22H,5-6,9-14H2,1-2H3,(H,21,24)/t16?,17?,18-/m0/s1. The molecular formula is C20H31N3O2. The third-order valence-electron chi connectivity index (χ3n) is 5.45. The summed E-state index contributed by atoms with van der Waals surface area (Å²) in [4.78, 5) is 13.6. The van der Waals surface area contributed by atoms with Gasteiger partial charge in [-0.15, -0.1) is 0 Å². The molecule has 2 fully saturated rings. The van der Waals surface area contributed by atoms with E-state index in [2.05, 4.69) is 27.7 Å². The van der Waals surface area contributed by atoms with Gasteiger partial charge in [0.25, 0.3) is 0 Å². The number of benzene rings is 1. The van der Waals surface area contributed by atoms with Crippen LogP contribution in [0, 0.1) is 0 Å². The normalized spacial score (nSPS) is 27.0. The number of carbonyl (C=O) groups is 1. The summed E-state index contributed by atoms with van der Waals surface area (Å²) in [5.74, 6) is 1.05. The first kappa shape index (κ1) is 18.1. The molecular weight excluding hydrogens is 314 g/mol. The lowest BCUT2D eigenvalue weighted by Gasteiger charge is -2.38. The van der Waals surface area contributed by atoms with Crippen molar-refractivity contribution in [3.8, 4) is 5.75 Å². The van der Waals surface area contributed by atoms with Crippen molar-refractivity contribution in [2.45, 2.75) is 63.6 Å². The molecule has 5 heteroatoms. The van der Waals surface area contributed by atoms with Crippen LogP contribution in [0.25, 0.3) is 0 Å². The number of ether oxygens (including phenoxy) is 1. The minimum Gasteiger partial charge on any atom is -0.495 e. The number of methoxy groups -OCH3 is 1. The number of anilines is 1. The van der Waals surface area contributed by atoms with Crippen LogP contribution < -0.4 is 20.3 Å². The van der Waals surface area contributed by atoms with Crippen molar-refractivity contribution >= 4 is 11.6 Å². The highest BCUT2D eigenvalue weighted by Crippen LogP contribution is 2.30. The molecule has 1 aliphatic carbocycles. The Bertz CT molecular complexity index is 570. The van der Waals surface area contributed by atoms with E-state index >= 15 is 0 Å². The number of piperidine rings is 1. The predicted molar refractivity (Wildman–Crippen MR) is 101 cm³/mol. The highest BCUT2D eigenvalue weighted by molar-refractivity contribution is 5.73. The van der Waals surface area contributed by atoms with Crippen molar-refractivity contribution in [2.75, 3.05) is 25.1 Å². The molecule has 1 aliphatic heterocycles. The van der Waals surface area contributed by atoms with Crippen molar-refractivity contribution in [3.05, 3.63) is 24.3 Å². The molecule has 3 rings (SSSR count). The number of hydrogen-bond donors (Lipinski definition) is 2. The number of rotatable bonds is 5. The summed E-state index contributed by atoms with van der Waals surface area (Å²) >= 11 is 0. The van der Waals surface area contributed by atoms with Gasteiger partial charge in [0.05, 0.1) is 12.8 Å². The molecule has 0 bridgehead atoms. The third kappa shape index (κ3) is 4.88. The first-order valence-electron chi connectivity index (χ1n) is 9.57. The number of hydrogen-bond acceptors (Lipinski definition) is 4. The van der Waals surface area contributed by atoms with E-state index < -0.39 is 0 Å².